The predicted octanol–water partition coefficient (Wildman–Crippen LogP) is 4.24. The number of ether oxygens (including phenoxy) is 2. The van der Waals surface area contributed by atoms with E-state index < -0.39 is 11.6 Å². The molecule has 166 valence electrons. The number of amides is 1. The van der Waals surface area contributed by atoms with Gasteiger partial charge in [0.1, 0.15) is 11.6 Å². The molecule has 1 saturated heterocycles. The fraction of sp³-hybridized carbons (Fsp3) is 0.440. The maximum atomic E-state index is 13.1. The summed E-state index contributed by atoms with van der Waals surface area (Å²) in [5.74, 6) is -0.276. The van der Waals surface area contributed by atoms with E-state index in [1.165, 1.54) is 7.11 Å². The third kappa shape index (κ3) is 6.31. The van der Waals surface area contributed by atoms with Gasteiger partial charge in [0, 0.05) is 19.6 Å². The minimum absolute atomic E-state index is 0.164. The van der Waals surface area contributed by atoms with Gasteiger partial charge in [0.15, 0.2) is 0 Å². The summed E-state index contributed by atoms with van der Waals surface area (Å²) < 4.78 is 10.8. The zero-order valence-electron chi connectivity index (χ0n) is 18.8. The third-order valence-corrected chi connectivity index (χ3v) is 5.35. The first kappa shape index (κ1) is 22.8. The van der Waals surface area contributed by atoms with Crippen molar-refractivity contribution in [1.82, 2.24) is 9.80 Å². The van der Waals surface area contributed by atoms with E-state index in [1.807, 2.05) is 81.4 Å². The van der Waals surface area contributed by atoms with Gasteiger partial charge < -0.3 is 9.47 Å². The van der Waals surface area contributed by atoms with Gasteiger partial charge in [-0.25, -0.2) is 4.79 Å². The molecule has 1 amide bonds. The fourth-order valence-corrected chi connectivity index (χ4v) is 3.92. The average molecular weight is 425 g/mol. The van der Waals surface area contributed by atoms with Gasteiger partial charge in [-0.2, -0.15) is 0 Å². The molecule has 0 N–H and O–H groups in total. The first-order valence-corrected chi connectivity index (χ1v) is 10.7. The molecule has 0 spiro atoms. The zero-order chi connectivity index (χ0) is 22.4. The summed E-state index contributed by atoms with van der Waals surface area (Å²) in [5, 5.41) is 0. The van der Waals surface area contributed by atoms with Crippen LogP contribution < -0.4 is 0 Å². The van der Waals surface area contributed by atoms with E-state index >= 15 is 0 Å². The molecule has 1 fully saturated rings. The maximum absolute atomic E-state index is 13.1. The molecule has 6 nitrogen and oxygen atoms in total. The Bertz CT molecular complexity index is 864. The Kier molecular flexibility index (Phi) is 7.33. The largest absolute Gasteiger partial charge is 0.468 e. The molecular weight excluding hydrogens is 392 g/mol. The molecule has 2 unspecified atom stereocenters. The zero-order valence-corrected chi connectivity index (χ0v) is 18.8. The lowest BCUT2D eigenvalue weighted by Gasteiger charge is -2.32. The SMILES string of the molecule is COC(=O)C1CC(N(Cc2ccccc2)C(=O)OC(C)(C)C)CN1Cc1ccccc1. The Morgan fingerprint density at radius 2 is 1.58 bits per heavy atom. The second kappa shape index (κ2) is 9.96. The lowest BCUT2D eigenvalue weighted by molar-refractivity contribution is -0.146. The van der Waals surface area contributed by atoms with E-state index in [4.69, 9.17) is 9.47 Å². The van der Waals surface area contributed by atoms with Gasteiger partial charge in [0.25, 0.3) is 0 Å². The fourth-order valence-electron chi connectivity index (χ4n) is 3.92. The highest BCUT2D eigenvalue weighted by molar-refractivity contribution is 5.76. The quantitative estimate of drug-likeness (QED) is 0.649. The summed E-state index contributed by atoms with van der Waals surface area (Å²) in [4.78, 5) is 29.5. The van der Waals surface area contributed by atoms with E-state index in [2.05, 4.69) is 4.90 Å². The van der Waals surface area contributed by atoms with Crippen molar-refractivity contribution in [2.45, 2.75) is 58.0 Å². The molecule has 6 heteroatoms. The van der Waals surface area contributed by atoms with Crippen LogP contribution in [0.2, 0.25) is 0 Å². The number of carbonyl (C=O) groups excluding carboxylic acids is 2. The third-order valence-electron chi connectivity index (χ3n) is 5.35. The molecule has 1 heterocycles. The molecule has 1 aliphatic rings. The predicted molar refractivity (Wildman–Crippen MR) is 119 cm³/mol. The molecule has 31 heavy (non-hydrogen) atoms. The van der Waals surface area contributed by atoms with Crippen LogP contribution in [0.4, 0.5) is 4.79 Å². The van der Waals surface area contributed by atoms with Gasteiger partial charge >= 0.3 is 12.1 Å². The van der Waals surface area contributed by atoms with Gasteiger partial charge in [0.2, 0.25) is 0 Å². The average Bonchev–Trinajstić information content (AvgIpc) is 3.15. The van der Waals surface area contributed by atoms with E-state index in [9.17, 15) is 9.59 Å². The maximum Gasteiger partial charge on any atom is 0.410 e. The molecule has 0 saturated carbocycles. The summed E-state index contributed by atoms with van der Waals surface area (Å²) >= 11 is 0. The summed E-state index contributed by atoms with van der Waals surface area (Å²) in [7, 11) is 1.41. The number of hydrogen-bond donors (Lipinski definition) is 0. The van der Waals surface area contributed by atoms with Gasteiger partial charge in [-0.1, -0.05) is 60.7 Å². The van der Waals surface area contributed by atoms with E-state index in [0.29, 0.717) is 26.1 Å². The smallest absolute Gasteiger partial charge is 0.410 e. The highest BCUT2D eigenvalue weighted by Crippen LogP contribution is 2.28. The van der Waals surface area contributed by atoms with Crippen LogP contribution in [0.3, 0.4) is 0 Å². The monoisotopic (exact) mass is 424 g/mol. The van der Waals surface area contributed by atoms with Crippen molar-refractivity contribution in [2.24, 2.45) is 0 Å². The first-order chi connectivity index (χ1) is 14.8. The number of rotatable bonds is 6. The topological polar surface area (TPSA) is 59.1 Å². The van der Waals surface area contributed by atoms with E-state index in [-0.39, 0.29) is 18.1 Å². The van der Waals surface area contributed by atoms with Crippen molar-refractivity contribution in [1.29, 1.82) is 0 Å². The molecule has 0 aromatic heterocycles. The minimum atomic E-state index is -0.601. The summed E-state index contributed by atoms with van der Waals surface area (Å²) in [5.41, 5.74) is 1.53. The second-order valence-electron chi connectivity index (χ2n) is 8.94. The Morgan fingerprint density at radius 1 is 1.00 bits per heavy atom. The Balaban J connectivity index is 1.84. The van der Waals surface area contributed by atoms with E-state index in [1.54, 1.807) is 4.90 Å². The van der Waals surface area contributed by atoms with Gasteiger partial charge in [-0.3, -0.25) is 14.6 Å². The molecule has 1 aliphatic heterocycles. The summed E-state index contributed by atoms with van der Waals surface area (Å²) in [6.45, 7) is 7.19. The van der Waals surface area contributed by atoms with E-state index in [0.717, 1.165) is 11.1 Å². The van der Waals surface area contributed by atoms with Crippen LogP contribution in [0, 0.1) is 0 Å². The molecule has 2 aromatic carbocycles. The highest BCUT2D eigenvalue weighted by Gasteiger charge is 2.42. The number of esters is 1. The normalized spacial score (nSPS) is 19.1. The molecule has 3 rings (SSSR count). The van der Waals surface area contributed by atoms with Gasteiger partial charge in [-0.05, 0) is 38.3 Å². The van der Waals surface area contributed by atoms with Crippen LogP contribution in [-0.2, 0) is 27.4 Å². The standard InChI is InChI=1S/C25H32N2O4/c1-25(2,3)31-24(29)27(17-20-13-9-6-10-14-20)21-15-22(23(28)30-4)26(18-21)16-19-11-7-5-8-12-19/h5-14,21-22H,15-18H2,1-4H3. The number of benzene rings is 2. The Labute approximate surface area is 184 Å². The highest BCUT2D eigenvalue weighted by atomic mass is 16.6. The number of carbonyl (C=O) groups is 2. The number of hydrogen-bond acceptors (Lipinski definition) is 5. The first-order valence-electron chi connectivity index (χ1n) is 10.7. The number of nitrogens with zero attached hydrogens (tertiary/aromatic N) is 2. The van der Waals surface area contributed by atoms with Crippen molar-refractivity contribution < 1.29 is 19.1 Å². The lowest BCUT2D eigenvalue weighted by Crippen LogP contribution is -2.44. The molecule has 0 aliphatic carbocycles. The van der Waals surface area contributed by atoms with Crippen molar-refractivity contribution >= 4 is 12.1 Å². The van der Waals surface area contributed by atoms with Crippen LogP contribution >= 0.6 is 0 Å². The summed E-state index contributed by atoms with van der Waals surface area (Å²) in [6, 6.07) is 19.3. The van der Waals surface area contributed by atoms with Crippen LogP contribution in [0.1, 0.15) is 38.3 Å². The van der Waals surface area contributed by atoms with Gasteiger partial charge in [-0.15, -0.1) is 0 Å². The van der Waals surface area contributed by atoms with Crippen molar-refractivity contribution in [2.75, 3.05) is 13.7 Å². The van der Waals surface area contributed by atoms with Crippen molar-refractivity contribution in [3.05, 3.63) is 71.8 Å². The number of methoxy groups -OCH3 is 1. The molecular formula is C25H32N2O4. The molecule has 2 atom stereocenters. The number of likely N-dealkylation sites (tertiary alicyclic amines) is 1. The van der Waals surface area contributed by atoms with Crippen LogP contribution in [0.25, 0.3) is 0 Å². The summed E-state index contributed by atoms with van der Waals surface area (Å²) in [6.07, 6.45) is 0.137. The lowest BCUT2D eigenvalue weighted by atomic mass is 10.1. The second-order valence-corrected chi connectivity index (χ2v) is 8.94. The van der Waals surface area contributed by atoms with Crippen molar-refractivity contribution in [3.8, 4) is 0 Å². The Morgan fingerprint density at radius 3 is 2.13 bits per heavy atom. The van der Waals surface area contributed by atoms with Crippen molar-refractivity contribution in [3.63, 3.8) is 0 Å². The van der Waals surface area contributed by atoms with Crippen LogP contribution in [0.5, 0.6) is 0 Å². The van der Waals surface area contributed by atoms with Crippen LogP contribution in [0.15, 0.2) is 60.7 Å². The molecule has 2 aromatic rings. The Hall–Kier alpha value is -2.86. The van der Waals surface area contributed by atoms with Gasteiger partial charge in [0.05, 0.1) is 13.2 Å². The molecule has 0 radical (unpaired) electrons. The molecule has 0 bridgehead atoms. The van der Waals surface area contributed by atoms with Crippen LogP contribution in [-0.4, -0.2) is 53.2 Å². The minimum Gasteiger partial charge on any atom is -0.468 e.